The summed E-state index contributed by atoms with van der Waals surface area (Å²) < 4.78 is 0. The molecule has 0 radical (unpaired) electrons. The Hall–Kier alpha value is -0.780. The van der Waals surface area contributed by atoms with Gasteiger partial charge in [-0.05, 0) is 20.3 Å². The summed E-state index contributed by atoms with van der Waals surface area (Å²) in [4.78, 5) is 0. The first kappa shape index (κ1) is 10.2. The summed E-state index contributed by atoms with van der Waals surface area (Å²) in [6.45, 7) is 12.2. The maximum Gasteiger partial charge on any atom is -0.00700 e. The summed E-state index contributed by atoms with van der Waals surface area (Å²) >= 11 is 0. The van der Waals surface area contributed by atoms with Gasteiger partial charge in [0, 0.05) is 0 Å². The standard InChI is InChI=1S/C9H12.C2H6/c1-7-4-5-8(2)9(3)6-7;1-2/h4-5H,1,6H2,2-3H3;1-2H3. The summed E-state index contributed by atoms with van der Waals surface area (Å²) in [6.07, 6.45) is 5.27. The predicted octanol–water partition coefficient (Wildman–Crippen LogP) is 3.87. The van der Waals surface area contributed by atoms with Gasteiger partial charge in [0.25, 0.3) is 0 Å². The van der Waals surface area contributed by atoms with E-state index in [1.807, 2.05) is 13.8 Å². The molecule has 0 aromatic carbocycles. The maximum atomic E-state index is 3.88. The van der Waals surface area contributed by atoms with Gasteiger partial charge in [0.2, 0.25) is 0 Å². The molecule has 0 aliphatic heterocycles. The molecule has 0 saturated carbocycles. The zero-order valence-electron chi connectivity index (χ0n) is 8.07. The maximum absolute atomic E-state index is 3.88. The third-order valence-corrected chi connectivity index (χ3v) is 1.73. The fourth-order valence-corrected chi connectivity index (χ4v) is 0.924. The zero-order valence-corrected chi connectivity index (χ0v) is 8.07. The molecule has 0 spiro atoms. The molecule has 0 heteroatoms. The second-order valence-corrected chi connectivity index (χ2v) is 2.63. The highest BCUT2D eigenvalue weighted by Gasteiger charge is 2.00. The van der Waals surface area contributed by atoms with Gasteiger partial charge in [0.15, 0.2) is 0 Å². The summed E-state index contributed by atoms with van der Waals surface area (Å²) in [6, 6.07) is 0. The number of rotatable bonds is 0. The first-order valence-corrected chi connectivity index (χ1v) is 4.22. The topological polar surface area (TPSA) is 0 Å². The SMILES string of the molecule is C=C1C=CC(C)=C(C)C1.CC. The van der Waals surface area contributed by atoms with E-state index in [1.54, 1.807) is 0 Å². The lowest BCUT2D eigenvalue weighted by atomic mass is 9.97. The lowest BCUT2D eigenvalue weighted by molar-refractivity contribution is 1.10. The van der Waals surface area contributed by atoms with Gasteiger partial charge < -0.3 is 0 Å². The largest absolute Gasteiger partial charge is 0.0955 e. The van der Waals surface area contributed by atoms with Crippen LogP contribution in [0.5, 0.6) is 0 Å². The fourth-order valence-electron chi connectivity index (χ4n) is 0.924. The average Bonchev–Trinajstić information content (AvgIpc) is 2.02. The van der Waals surface area contributed by atoms with Crippen molar-refractivity contribution in [2.24, 2.45) is 0 Å². The molecule has 1 aliphatic rings. The van der Waals surface area contributed by atoms with Gasteiger partial charge in [0.1, 0.15) is 0 Å². The van der Waals surface area contributed by atoms with Crippen LogP contribution in [0, 0.1) is 0 Å². The molecule has 1 rings (SSSR count). The van der Waals surface area contributed by atoms with Crippen LogP contribution in [0.15, 0.2) is 35.5 Å². The van der Waals surface area contributed by atoms with Gasteiger partial charge >= 0.3 is 0 Å². The monoisotopic (exact) mass is 150 g/mol. The third kappa shape index (κ3) is 3.22. The van der Waals surface area contributed by atoms with Crippen molar-refractivity contribution in [3.8, 4) is 0 Å². The molecule has 0 aromatic rings. The van der Waals surface area contributed by atoms with E-state index in [4.69, 9.17) is 0 Å². The van der Waals surface area contributed by atoms with Gasteiger partial charge in [0.05, 0.1) is 0 Å². The van der Waals surface area contributed by atoms with Crippen molar-refractivity contribution in [1.29, 1.82) is 0 Å². The molecular weight excluding hydrogens is 132 g/mol. The highest BCUT2D eigenvalue weighted by molar-refractivity contribution is 5.37. The lowest BCUT2D eigenvalue weighted by Crippen LogP contribution is -1.89. The summed E-state index contributed by atoms with van der Waals surface area (Å²) in [5.41, 5.74) is 4.06. The Labute approximate surface area is 70.3 Å². The molecule has 62 valence electrons. The third-order valence-electron chi connectivity index (χ3n) is 1.73. The van der Waals surface area contributed by atoms with E-state index in [0.29, 0.717) is 0 Å². The second-order valence-electron chi connectivity index (χ2n) is 2.63. The molecule has 11 heavy (non-hydrogen) atoms. The molecule has 0 saturated heterocycles. The van der Waals surface area contributed by atoms with E-state index in [0.717, 1.165) is 6.42 Å². The van der Waals surface area contributed by atoms with E-state index < -0.39 is 0 Å². The van der Waals surface area contributed by atoms with Crippen LogP contribution in [-0.4, -0.2) is 0 Å². The Morgan fingerprint density at radius 2 is 1.73 bits per heavy atom. The minimum absolute atomic E-state index is 1.06. The van der Waals surface area contributed by atoms with Crippen LogP contribution >= 0.6 is 0 Å². The quantitative estimate of drug-likeness (QED) is 0.492. The molecule has 0 N–H and O–H groups in total. The van der Waals surface area contributed by atoms with Crippen LogP contribution < -0.4 is 0 Å². The van der Waals surface area contributed by atoms with Crippen LogP contribution in [0.3, 0.4) is 0 Å². The van der Waals surface area contributed by atoms with Gasteiger partial charge in [-0.3, -0.25) is 0 Å². The Bertz CT molecular complexity index is 192. The van der Waals surface area contributed by atoms with E-state index >= 15 is 0 Å². The number of hydrogen-bond donors (Lipinski definition) is 0. The van der Waals surface area contributed by atoms with Gasteiger partial charge in [-0.15, -0.1) is 0 Å². The Balaban J connectivity index is 0.000000461. The minimum atomic E-state index is 1.06. The number of allylic oxidation sites excluding steroid dienone is 5. The molecule has 0 heterocycles. The average molecular weight is 150 g/mol. The van der Waals surface area contributed by atoms with Crippen LogP contribution in [-0.2, 0) is 0 Å². The molecule has 0 atom stereocenters. The molecule has 0 fully saturated rings. The van der Waals surface area contributed by atoms with Gasteiger partial charge in [-0.2, -0.15) is 0 Å². The summed E-state index contributed by atoms with van der Waals surface area (Å²) in [5, 5.41) is 0. The van der Waals surface area contributed by atoms with Crippen LogP contribution in [0.25, 0.3) is 0 Å². The van der Waals surface area contributed by atoms with Crippen molar-refractivity contribution in [2.75, 3.05) is 0 Å². The highest BCUT2D eigenvalue weighted by atomic mass is 14.1. The second kappa shape index (κ2) is 4.95. The van der Waals surface area contributed by atoms with Gasteiger partial charge in [-0.1, -0.05) is 49.3 Å². The number of hydrogen-bond acceptors (Lipinski definition) is 0. The molecule has 0 nitrogen and oxygen atoms in total. The minimum Gasteiger partial charge on any atom is -0.0955 e. The highest BCUT2D eigenvalue weighted by Crippen LogP contribution is 2.20. The van der Waals surface area contributed by atoms with Crippen LogP contribution in [0.2, 0.25) is 0 Å². The first-order chi connectivity index (χ1) is 5.20. The zero-order chi connectivity index (χ0) is 8.85. The van der Waals surface area contributed by atoms with Gasteiger partial charge in [-0.25, -0.2) is 0 Å². The smallest absolute Gasteiger partial charge is 0.00700 e. The van der Waals surface area contributed by atoms with Crippen molar-refractivity contribution in [3.05, 3.63) is 35.5 Å². The van der Waals surface area contributed by atoms with E-state index in [2.05, 4.69) is 32.6 Å². The van der Waals surface area contributed by atoms with E-state index in [-0.39, 0.29) is 0 Å². The van der Waals surface area contributed by atoms with Crippen molar-refractivity contribution in [1.82, 2.24) is 0 Å². The van der Waals surface area contributed by atoms with Crippen LogP contribution in [0.1, 0.15) is 34.1 Å². The Morgan fingerprint density at radius 1 is 1.18 bits per heavy atom. The summed E-state index contributed by atoms with van der Waals surface area (Å²) in [7, 11) is 0. The molecular formula is C11H18. The van der Waals surface area contributed by atoms with Crippen LogP contribution in [0.4, 0.5) is 0 Å². The summed E-state index contributed by atoms with van der Waals surface area (Å²) in [5.74, 6) is 0. The van der Waals surface area contributed by atoms with Crippen molar-refractivity contribution in [2.45, 2.75) is 34.1 Å². The Kier molecular flexibility index (Phi) is 4.60. The van der Waals surface area contributed by atoms with Crippen molar-refractivity contribution < 1.29 is 0 Å². The fraction of sp³-hybridized carbons (Fsp3) is 0.455. The predicted molar refractivity (Wildman–Crippen MR) is 52.6 cm³/mol. The van der Waals surface area contributed by atoms with Crippen molar-refractivity contribution >= 4 is 0 Å². The normalized spacial score (nSPS) is 16.2. The Morgan fingerprint density at radius 3 is 2.09 bits per heavy atom. The molecule has 0 unspecified atom stereocenters. The molecule has 0 amide bonds. The van der Waals surface area contributed by atoms with E-state index in [1.165, 1.54) is 16.7 Å². The van der Waals surface area contributed by atoms with Crippen molar-refractivity contribution in [3.63, 3.8) is 0 Å². The molecule has 0 bridgehead atoms. The molecule has 1 aliphatic carbocycles. The lowest BCUT2D eigenvalue weighted by Gasteiger charge is -2.09. The first-order valence-electron chi connectivity index (χ1n) is 4.22. The molecule has 0 aromatic heterocycles. The van der Waals surface area contributed by atoms with E-state index in [9.17, 15) is 0 Å².